The smallest absolute Gasteiger partial charge is 0.195 e. The Bertz CT molecular complexity index is 670. The van der Waals surface area contributed by atoms with Gasteiger partial charge in [0.1, 0.15) is 0 Å². The van der Waals surface area contributed by atoms with E-state index in [0.29, 0.717) is 18.1 Å². The second kappa shape index (κ2) is 6.89. The van der Waals surface area contributed by atoms with E-state index in [1.165, 1.54) is 8.61 Å². The minimum atomic E-state index is -3.49. The van der Waals surface area contributed by atoms with Crippen molar-refractivity contribution in [3.05, 3.63) is 57.2 Å². The third kappa shape index (κ3) is 4.28. The summed E-state index contributed by atoms with van der Waals surface area (Å²) in [7, 11) is -0.319. The first-order valence-electron chi connectivity index (χ1n) is 6.32. The van der Waals surface area contributed by atoms with Crippen molar-refractivity contribution in [1.29, 1.82) is 0 Å². The summed E-state index contributed by atoms with van der Waals surface area (Å²) in [5, 5.41) is 4.53. The molecule has 0 atom stereocenters. The second-order valence-electron chi connectivity index (χ2n) is 4.78. The summed E-state index contributed by atoms with van der Waals surface area (Å²) in [4.78, 5) is 0. The fourth-order valence-electron chi connectivity index (χ4n) is 1.89. The van der Waals surface area contributed by atoms with Crippen LogP contribution in [-0.2, 0) is 23.3 Å². The van der Waals surface area contributed by atoms with Gasteiger partial charge in [-0.15, -0.1) is 0 Å². The predicted octanol–water partition coefficient (Wildman–Crippen LogP) is 3.21. The molecular weight excluding hydrogens is 328 g/mol. The molecule has 1 aromatic carbocycles. The van der Waals surface area contributed by atoms with E-state index in [1.54, 1.807) is 37.6 Å². The van der Waals surface area contributed by atoms with Gasteiger partial charge in [-0.1, -0.05) is 23.7 Å². The maximum atomic E-state index is 12.5. The van der Waals surface area contributed by atoms with Crippen molar-refractivity contribution < 1.29 is 8.42 Å². The zero-order valence-electron chi connectivity index (χ0n) is 11.9. The molecule has 4 nitrogen and oxygen atoms in total. The lowest BCUT2D eigenvalue weighted by atomic mass is 10.2. The number of benzene rings is 1. The average Bonchev–Trinajstić information content (AvgIpc) is 2.94. The number of thiophene rings is 1. The van der Waals surface area contributed by atoms with Crippen LogP contribution in [0, 0.1) is 0 Å². The zero-order valence-corrected chi connectivity index (χ0v) is 14.2. The van der Waals surface area contributed by atoms with Crippen LogP contribution in [0.25, 0.3) is 0 Å². The van der Waals surface area contributed by atoms with Gasteiger partial charge in [0.05, 0.1) is 0 Å². The van der Waals surface area contributed by atoms with Crippen LogP contribution in [-0.4, -0.2) is 31.1 Å². The number of hydrogen-bond acceptors (Lipinski definition) is 3. The Hall–Kier alpha value is -0.920. The summed E-state index contributed by atoms with van der Waals surface area (Å²) < 4.78 is 27.6. The highest BCUT2D eigenvalue weighted by molar-refractivity contribution is 7.86. The average molecular weight is 345 g/mol. The lowest BCUT2D eigenvalue weighted by Gasteiger charge is -2.24. The van der Waals surface area contributed by atoms with Crippen molar-refractivity contribution in [2.45, 2.75) is 13.1 Å². The highest BCUT2D eigenvalue weighted by Gasteiger charge is 2.23. The normalized spacial score (nSPS) is 12.2. The Labute approximate surface area is 134 Å². The van der Waals surface area contributed by atoms with Crippen LogP contribution in [0.15, 0.2) is 41.1 Å². The van der Waals surface area contributed by atoms with Crippen molar-refractivity contribution in [1.82, 2.24) is 8.61 Å². The van der Waals surface area contributed by atoms with Crippen LogP contribution < -0.4 is 0 Å². The summed E-state index contributed by atoms with van der Waals surface area (Å²) in [6.45, 7) is 0.685. The van der Waals surface area contributed by atoms with E-state index in [0.717, 1.165) is 11.1 Å². The first-order chi connectivity index (χ1) is 9.89. The summed E-state index contributed by atoms with van der Waals surface area (Å²) in [6.07, 6.45) is 0. The van der Waals surface area contributed by atoms with E-state index in [9.17, 15) is 8.42 Å². The van der Waals surface area contributed by atoms with E-state index < -0.39 is 10.2 Å². The fraction of sp³-hybridized carbons (Fsp3) is 0.286. The Kier molecular flexibility index (Phi) is 5.40. The summed E-state index contributed by atoms with van der Waals surface area (Å²) >= 11 is 7.39. The van der Waals surface area contributed by atoms with Crippen LogP contribution in [0.1, 0.15) is 11.1 Å². The van der Waals surface area contributed by atoms with Crippen LogP contribution >= 0.6 is 22.9 Å². The molecule has 0 N–H and O–H groups in total. The number of nitrogens with zero attached hydrogens (tertiary/aromatic N) is 2. The van der Waals surface area contributed by atoms with Gasteiger partial charge in [0.25, 0.3) is 10.2 Å². The van der Waals surface area contributed by atoms with E-state index in [4.69, 9.17) is 11.6 Å². The van der Waals surface area contributed by atoms with Gasteiger partial charge in [0, 0.05) is 32.2 Å². The van der Waals surface area contributed by atoms with Crippen LogP contribution in [0.5, 0.6) is 0 Å². The molecule has 21 heavy (non-hydrogen) atoms. The molecule has 1 heterocycles. The van der Waals surface area contributed by atoms with Gasteiger partial charge in [-0.2, -0.15) is 28.4 Å². The Balaban J connectivity index is 2.05. The van der Waals surface area contributed by atoms with Gasteiger partial charge in [-0.05, 0) is 40.1 Å². The molecule has 0 aliphatic rings. The Morgan fingerprint density at radius 2 is 1.57 bits per heavy atom. The molecule has 0 aliphatic heterocycles. The topological polar surface area (TPSA) is 40.6 Å². The SMILES string of the molecule is CN(Cc1ccc(Cl)cc1)S(=O)(=O)N(C)Cc1ccsc1. The third-order valence-electron chi connectivity index (χ3n) is 3.09. The van der Waals surface area contributed by atoms with Crippen LogP contribution in [0.2, 0.25) is 5.02 Å². The monoisotopic (exact) mass is 344 g/mol. The lowest BCUT2D eigenvalue weighted by molar-refractivity contribution is 0.386. The standard InChI is InChI=1S/C14H17ClN2O2S2/c1-16(9-12-3-5-14(15)6-4-12)21(18,19)17(2)10-13-7-8-20-11-13/h3-8,11H,9-10H2,1-2H3. The minimum absolute atomic E-state index is 0.313. The maximum Gasteiger partial charge on any atom is 0.282 e. The number of hydrogen-bond donors (Lipinski definition) is 0. The molecule has 0 aliphatic carbocycles. The molecule has 0 unspecified atom stereocenters. The quantitative estimate of drug-likeness (QED) is 0.807. The van der Waals surface area contributed by atoms with E-state index in [-0.39, 0.29) is 0 Å². The first-order valence-corrected chi connectivity index (χ1v) is 9.04. The molecule has 0 radical (unpaired) electrons. The molecule has 0 fully saturated rings. The van der Waals surface area contributed by atoms with E-state index in [1.807, 2.05) is 29.0 Å². The Morgan fingerprint density at radius 1 is 1.00 bits per heavy atom. The molecule has 114 valence electrons. The van der Waals surface area contributed by atoms with Crippen molar-refractivity contribution in [3.63, 3.8) is 0 Å². The molecule has 2 rings (SSSR count). The maximum absolute atomic E-state index is 12.5. The molecular formula is C14H17ClN2O2S2. The van der Waals surface area contributed by atoms with E-state index in [2.05, 4.69) is 0 Å². The molecule has 0 saturated heterocycles. The first kappa shape index (κ1) is 16.5. The largest absolute Gasteiger partial charge is 0.282 e. The van der Waals surface area contributed by atoms with Gasteiger partial charge in [0.2, 0.25) is 0 Å². The summed E-state index contributed by atoms with van der Waals surface area (Å²) in [5.74, 6) is 0. The molecule has 0 saturated carbocycles. The van der Waals surface area contributed by atoms with E-state index >= 15 is 0 Å². The minimum Gasteiger partial charge on any atom is -0.195 e. The summed E-state index contributed by atoms with van der Waals surface area (Å²) in [5.41, 5.74) is 1.89. The van der Waals surface area contributed by atoms with Crippen LogP contribution in [0.4, 0.5) is 0 Å². The molecule has 1 aromatic heterocycles. The number of rotatable bonds is 6. The molecule has 0 spiro atoms. The molecule has 0 bridgehead atoms. The Morgan fingerprint density at radius 3 is 2.10 bits per heavy atom. The van der Waals surface area contributed by atoms with Crippen LogP contribution in [0.3, 0.4) is 0 Å². The van der Waals surface area contributed by atoms with Gasteiger partial charge >= 0.3 is 0 Å². The highest BCUT2D eigenvalue weighted by Crippen LogP contribution is 2.16. The molecule has 2 aromatic rings. The van der Waals surface area contributed by atoms with Gasteiger partial charge in [-0.3, -0.25) is 0 Å². The zero-order chi connectivity index (χ0) is 15.5. The highest BCUT2D eigenvalue weighted by atomic mass is 35.5. The van der Waals surface area contributed by atoms with Gasteiger partial charge in [0.15, 0.2) is 0 Å². The second-order valence-corrected chi connectivity index (χ2v) is 8.14. The molecule has 0 amide bonds. The van der Waals surface area contributed by atoms with Crippen molar-refractivity contribution in [2.75, 3.05) is 14.1 Å². The lowest BCUT2D eigenvalue weighted by Crippen LogP contribution is -2.38. The molecule has 7 heteroatoms. The number of halogens is 1. The predicted molar refractivity (Wildman–Crippen MR) is 87.6 cm³/mol. The van der Waals surface area contributed by atoms with Crippen molar-refractivity contribution in [2.24, 2.45) is 0 Å². The fourth-order valence-corrected chi connectivity index (χ4v) is 3.77. The van der Waals surface area contributed by atoms with Crippen molar-refractivity contribution in [3.8, 4) is 0 Å². The van der Waals surface area contributed by atoms with Crippen molar-refractivity contribution >= 4 is 33.1 Å². The third-order valence-corrected chi connectivity index (χ3v) is 5.91. The summed E-state index contributed by atoms with van der Waals surface area (Å²) in [6, 6.07) is 9.09. The van der Waals surface area contributed by atoms with Gasteiger partial charge in [-0.25, -0.2) is 0 Å². The van der Waals surface area contributed by atoms with Gasteiger partial charge < -0.3 is 0 Å².